The van der Waals surface area contributed by atoms with Crippen molar-refractivity contribution in [3.8, 4) is 23.3 Å². The van der Waals surface area contributed by atoms with Crippen LogP contribution >= 0.6 is 0 Å². The number of benzene rings is 3. The van der Waals surface area contributed by atoms with E-state index in [1.807, 2.05) is 52.0 Å². The monoisotopic (exact) mass is 747 g/mol. The van der Waals surface area contributed by atoms with Crippen LogP contribution in [0.25, 0.3) is 0 Å². The molecule has 4 aliphatic rings. The topological polar surface area (TPSA) is 155 Å². The second-order valence-electron chi connectivity index (χ2n) is 14.8. The van der Waals surface area contributed by atoms with Gasteiger partial charge in [0.1, 0.15) is 24.2 Å². The Balaban J connectivity index is 1.23. The van der Waals surface area contributed by atoms with Gasteiger partial charge in [0.25, 0.3) is 10.0 Å². The summed E-state index contributed by atoms with van der Waals surface area (Å²) >= 11 is 0. The summed E-state index contributed by atoms with van der Waals surface area (Å²) in [6.07, 6.45) is -0.890. The van der Waals surface area contributed by atoms with Gasteiger partial charge in [-0.15, -0.1) is 0 Å². The van der Waals surface area contributed by atoms with Crippen LogP contribution in [0.4, 0.5) is 4.79 Å². The van der Waals surface area contributed by atoms with Crippen molar-refractivity contribution in [1.82, 2.24) is 9.62 Å². The Hall–Kier alpha value is -4.39. The van der Waals surface area contributed by atoms with E-state index in [2.05, 4.69) is 11.4 Å². The summed E-state index contributed by atoms with van der Waals surface area (Å²) in [6.45, 7) is 8.71. The largest absolute Gasteiger partial charge is 0.489 e. The second kappa shape index (κ2) is 15.2. The molecule has 1 unspecified atom stereocenters. The Kier molecular flexibility index (Phi) is 10.6. The molecule has 0 aromatic heterocycles. The predicted octanol–water partition coefficient (Wildman–Crippen LogP) is 5.29. The number of nitrogens with zero attached hydrogens (tertiary/aromatic N) is 2. The molecule has 3 aromatic carbocycles. The van der Waals surface area contributed by atoms with Crippen molar-refractivity contribution >= 4 is 16.1 Å². The maximum absolute atomic E-state index is 15.0. The molecule has 3 aromatic rings. The Morgan fingerprint density at radius 1 is 1.04 bits per heavy atom. The fourth-order valence-electron chi connectivity index (χ4n) is 7.33. The van der Waals surface area contributed by atoms with Crippen molar-refractivity contribution in [2.75, 3.05) is 26.6 Å². The summed E-state index contributed by atoms with van der Waals surface area (Å²) in [5, 5.41) is 12.6. The molecule has 3 fully saturated rings. The molecule has 0 radical (unpaired) electrons. The third-order valence-corrected chi connectivity index (χ3v) is 11.6. The van der Waals surface area contributed by atoms with Gasteiger partial charge >= 0.3 is 6.09 Å². The lowest BCUT2D eigenvalue weighted by Gasteiger charge is -2.35. The van der Waals surface area contributed by atoms with Gasteiger partial charge in [0, 0.05) is 6.07 Å². The molecular formula is C39H45N3O10S. The van der Waals surface area contributed by atoms with E-state index in [0.29, 0.717) is 47.8 Å². The number of nitriles is 1. The lowest BCUT2D eigenvalue weighted by atomic mass is 9.99. The number of rotatable bonds is 12. The number of hydrogen-bond acceptors (Lipinski definition) is 12. The zero-order valence-corrected chi connectivity index (χ0v) is 31.1. The van der Waals surface area contributed by atoms with Crippen LogP contribution in [0, 0.1) is 23.2 Å². The third kappa shape index (κ3) is 8.10. The Labute approximate surface area is 310 Å². The molecule has 0 aliphatic carbocycles. The number of carbonyl (C=O) groups is 1. The van der Waals surface area contributed by atoms with E-state index in [4.69, 9.17) is 33.2 Å². The van der Waals surface area contributed by atoms with Crippen LogP contribution in [-0.2, 0) is 48.4 Å². The summed E-state index contributed by atoms with van der Waals surface area (Å²) in [5.41, 5.74) is 2.05. The lowest BCUT2D eigenvalue weighted by Crippen LogP contribution is -2.57. The summed E-state index contributed by atoms with van der Waals surface area (Å²) in [7, 11) is -4.58. The molecule has 4 aliphatic heterocycles. The van der Waals surface area contributed by atoms with Gasteiger partial charge in [-0.3, -0.25) is 5.32 Å². The SMILES string of the molecule is CC(C)Cc1cc(S(=O)(=O)N(C(=O)O[C@H]2CO[C@H]3OCC[C@H]32)C(Cc2ccc(OCc3cccc(C#N)c3)cc2)[C@H]2COC(C)(C)N2)cc2c1OCO2. The van der Waals surface area contributed by atoms with E-state index >= 15 is 8.42 Å². The summed E-state index contributed by atoms with van der Waals surface area (Å²) < 4.78 is 71.9. The van der Waals surface area contributed by atoms with E-state index in [-0.39, 0.29) is 49.8 Å². The Morgan fingerprint density at radius 2 is 1.85 bits per heavy atom. The van der Waals surface area contributed by atoms with Gasteiger partial charge in [-0.05, 0) is 86.1 Å². The quantitative estimate of drug-likeness (QED) is 0.256. The second-order valence-corrected chi connectivity index (χ2v) is 16.6. The van der Waals surface area contributed by atoms with Crippen LogP contribution in [0.1, 0.15) is 56.4 Å². The summed E-state index contributed by atoms with van der Waals surface area (Å²) in [5.74, 6) is 1.39. The van der Waals surface area contributed by atoms with E-state index in [1.165, 1.54) is 6.07 Å². The molecule has 53 heavy (non-hydrogen) atoms. The van der Waals surface area contributed by atoms with Gasteiger partial charge in [0.15, 0.2) is 17.8 Å². The van der Waals surface area contributed by atoms with Crippen LogP contribution in [0.3, 0.4) is 0 Å². The van der Waals surface area contributed by atoms with E-state index in [0.717, 1.165) is 15.4 Å². The number of ether oxygens (including phenoxy) is 7. The van der Waals surface area contributed by atoms with Crippen LogP contribution in [0.15, 0.2) is 65.6 Å². The smallest absolute Gasteiger partial charge is 0.424 e. The van der Waals surface area contributed by atoms with Crippen molar-refractivity contribution in [3.63, 3.8) is 0 Å². The van der Waals surface area contributed by atoms with Gasteiger partial charge in [-0.2, -0.15) is 9.57 Å². The van der Waals surface area contributed by atoms with Crippen molar-refractivity contribution in [2.45, 2.75) is 88.7 Å². The van der Waals surface area contributed by atoms with E-state index < -0.39 is 46.3 Å². The number of sulfonamides is 1. The van der Waals surface area contributed by atoms with Gasteiger partial charge in [0.2, 0.25) is 6.79 Å². The zero-order chi connectivity index (χ0) is 37.3. The van der Waals surface area contributed by atoms with Crippen LogP contribution in [0.5, 0.6) is 17.2 Å². The first-order chi connectivity index (χ1) is 25.4. The minimum absolute atomic E-state index is 0.0327. The maximum Gasteiger partial charge on any atom is 0.424 e. The molecule has 0 bridgehead atoms. The molecule has 1 amide bonds. The molecule has 282 valence electrons. The van der Waals surface area contributed by atoms with Crippen molar-refractivity contribution in [3.05, 3.63) is 82.9 Å². The van der Waals surface area contributed by atoms with E-state index in [9.17, 15) is 10.1 Å². The first-order valence-electron chi connectivity index (χ1n) is 17.9. The van der Waals surface area contributed by atoms with Crippen LogP contribution in [0.2, 0.25) is 0 Å². The molecule has 0 saturated carbocycles. The molecule has 14 heteroatoms. The number of nitrogens with one attached hydrogen (secondary N) is 1. The molecule has 13 nitrogen and oxygen atoms in total. The predicted molar refractivity (Wildman–Crippen MR) is 191 cm³/mol. The van der Waals surface area contributed by atoms with Gasteiger partial charge in [-0.25, -0.2) is 13.2 Å². The molecule has 7 rings (SSSR count). The molecular weight excluding hydrogens is 703 g/mol. The minimum Gasteiger partial charge on any atom is -0.489 e. The first-order valence-corrected chi connectivity index (χ1v) is 19.4. The molecule has 1 N–H and O–H groups in total. The number of fused-ring (bicyclic) bond motifs is 2. The molecule has 3 saturated heterocycles. The van der Waals surface area contributed by atoms with Crippen LogP contribution < -0.4 is 19.5 Å². The highest BCUT2D eigenvalue weighted by atomic mass is 32.2. The number of hydrogen-bond donors (Lipinski definition) is 1. The lowest BCUT2D eigenvalue weighted by molar-refractivity contribution is -0.0907. The van der Waals surface area contributed by atoms with Crippen molar-refractivity contribution < 1.29 is 46.4 Å². The molecule has 5 atom stereocenters. The normalized spacial score (nSPS) is 23.4. The average Bonchev–Trinajstić information content (AvgIpc) is 3.94. The molecule has 4 heterocycles. The Bertz CT molecular complexity index is 1960. The summed E-state index contributed by atoms with van der Waals surface area (Å²) in [4.78, 5) is 14.4. The number of amides is 1. The van der Waals surface area contributed by atoms with E-state index in [1.54, 1.807) is 30.3 Å². The fraction of sp³-hybridized carbons (Fsp3) is 0.487. The number of carbonyl (C=O) groups excluding carboxylic acids is 1. The highest BCUT2D eigenvalue weighted by molar-refractivity contribution is 7.89. The minimum atomic E-state index is -4.58. The van der Waals surface area contributed by atoms with Gasteiger partial charge in [-0.1, -0.05) is 38.1 Å². The molecule has 0 spiro atoms. The van der Waals surface area contributed by atoms with Gasteiger partial charge in [0.05, 0.1) is 54.4 Å². The van der Waals surface area contributed by atoms with Crippen LogP contribution in [-0.4, -0.2) is 75.6 Å². The standard InChI is InChI=1S/C39H45N3O10S/c1-24(2)14-28-17-30(18-34-36(28)50-23-49-34)53(44,45)42(38(43)52-35-22-48-37-31(35)12-13-46-37)33(32-21-51-39(3,4)41-32)16-25-8-10-29(11-9-25)47-20-27-7-5-6-26(15-27)19-40/h5-11,15,17-18,24,31-33,35,37,41H,12-14,16,20-23H2,1-4H3/t31-,32+,33?,35-,37+/m0/s1. The highest BCUT2D eigenvalue weighted by Gasteiger charge is 2.49. The van der Waals surface area contributed by atoms with Gasteiger partial charge < -0.3 is 33.2 Å². The third-order valence-electron chi connectivity index (χ3n) is 9.88. The fourth-order valence-corrected chi connectivity index (χ4v) is 8.93. The maximum atomic E-state index is 15.0. The average molecular weight is 748 g/mol. The van der Waals surface area contributed by atoms with Crippen molar-refractivity contribution in [2.24, 2.45) is 11.8 Å². The first kappa shape index (κ1) is 36.9. The highest BCUT2D eigenvalue weighted by Crippen LogP contribution is 2.41. The Morgan fingerprint density at radius 3 is 2.58 bits per heavy atom. The zero-order valence-electron chi connectivity index (χ0n) is 30.3. The summed E-state index contributed by atoms with van der Waals surface area (Å²) in [6, 6.07) is 18.0. The van der Waals surface area contributed by atoms with Crippen molar-refractivity contribution in [1.29, 1.82) is 5.26 Å².